The van der Waals surface area contributed by atoms with E-state index in [2.05, 4.69) is 5.10 Å². The van der Waals surface area contributed by atoms with Crippen molar-refractivity contribution in [2.75, 3.05) is 16.6 Å². The van der Waals surface area contributed by atoms with Crippen LogP contribution < -0.4 is 4.31 Å². The van der Waals surface area contributed by atoms with Gasteiger partial charge in [-0.1, -0.05) is 42.6 Å². The summed E-state index contributed by atoms with van der Waals surface area (Å²) in [7, 11) is -15.3. The van der Waals surface area contributed by atoms with E-state index in [1.165, 1.54) is 6.07 Å². The molecule has 2 rings (SSSR count). The van der Waals surface area contributed by atoms with Gasteiger partial charge in [-0.15, -0.1) is 0 Å². The molecule has 0 saturated heterocycles. The third-order valence-corrected chi connectivity index (χ3v) is 7.25. The lowest BCUT2D eigenvalue weighted by molar-refractivity contribution is -0.118. The zero-order valence-corrected chi connectivity index (χ0v) is 19.4. The monoisotopic (exact) mass is 580 g/mol. The van der Waals surface area contributed by atoms with Crippen LogP contribution in [0.25, 0.3) is 5.69 Å². The van der Waals surface area contributed by atoms with Gasteiger partial charge in [-0.2, -0.15) is 23.5 Å². The van der Waals surface area contributed by atoms with Crippen LogP contribution in [-0.4, -0.2) is 42.5 Å². The molecule has 190 valence electrons. The number of anilines is 1. The Kier molecular flexibility index (Phi) is 6.47. The molecule has 1 aromatic carbocycles. The molecular formula is C15H10Cl2F8N4O3S2. The van der Waals surface area contributed by atoms with Crippen LogP contribution in [-0.2, 0) is 14.8 Å². The maximum atomic E-state index is 13.1. The fourth-order valence-electron chi connectivity index (χ4n) is 2.56. The molecular weight excluding hydrogens is 571 g/mol. The zero-order chi connectivity index (χ0) is 26.6. The van der Waals surface area contributed by atoms with E-state index in [-0.39, 0.29) is 16.4 Å². The van der Waals surface area contributed by atoms with E-state index in [1.54, 1.807) is 0 Å². The van der Waals surface area contributed by atoms with Crippen LogP contribution in [0.1, 0.15) is 12.6 Å². The third kappa shape index (κ3) is 6.43. The molecule has 0 atom stereocenters. The Labute approximate surface area is 196 Å². The highest BCUT2D eigenvalue weighted by atomic mass is 35.5. The molecule has 19 heteroatoms. The molecule has 0 radical (unpaired) electrons. The van der Waals surface area contributed by atoms with Gasteiger partial charge in [0.25, 0.3) is 0 Å². The van der Waals surface area contributed by atoms with Gasteiger partial charge in [0.2, 0.25) is 10.0 Å². The van der Waals surface area contributed by atoms with Crippen LogP contribution in [0, 0.1) is 11.3 Å². The average Bonchev–Trinajstić information content (AvgIpc) is 2.98. The molecule has 0 N–H and O–H groups in total. The Balaban J connectivity index is 2.77. The first-order valence-electron chi connectivity index (χ1n) is 8.25. The molecule has 34 heavy (non-hydrogen) atoms. The molecule has 0 aliphatic carbocycles. The summed E-state index contributed by atoms with van der Waals surface area (Å²) in [6, 6.07) is 0.872. The van der Waals surface area contributed by atoms with Crippen molar-refractivity contribution < 1.29 is 45.8 Å². The number of carbonyl (C=O) groups is 1. The molecule has 0 unspecified atom stereocenters. The van der Waals surface area contributed by atoms with E-state index in [4.69, 9.17) is 23.2 Å². The first-order chi connectivity index (χ1) is 14.9. The quantitative estimate of drug-likeness (QED) is 0.374. The van der Waals surface area contributed by atoms with Crippen LogP contribution >= 0.6 is 33.4 Å². The van der Waals surface area contributed by atoms with Gasteiger partial charge in [0.05, 0.1) is 16.2 Å². The number of ketones is 1. The molecule has 1 aromatic heterocycles. The fraction of sp³-hybridized carbons (Fsp3) is 0.267. The van der Waals surface area contributed by atoms with Gasteiger partial charge in [-0.05, 0) is 19.1 Å². The SMILES string of the molecule is CC(=O)CS(=O)(=O)N(CC(F)(F)F)c1cn(-c2c(Cl)cc(S(F)(F)(F)(F)F)cc2Cl)nc1C#N. The van der Waals surface area contributed by atoms with Gasteiger partial charge in [0.1, 0.15) is 40.4 Å². The minimum absolute atomic E-state index is 0.211. The van der Waals surface area contributed by atoms with E-state index < -0.39 is 76.5 Å². The van der Waals surface area contributed by atoms with E-state index in [9.17, 15) is 51.1 Å². The fourth-order valence-corrected chi connectivity index (χ4v) is 5.47. The Morgan fingerprint density at radius 3 is 2.06 bits per heavy atom. The van der Waals surface area contributed by atoms with Crippen LogP contribution in [0.4, 0.5) is 38.3 Å². The van der Waals surface area contributed by atoms with Gasteiger partial charge in [-0.25, -0.2) is 13.1 Å². The van der Waals surface area contributed by atoms with Gasteiger partial charge < -0.3 is 0 Å². The number of alkyl halides is 3. The minimum Gasteiger partial charge on any atom is -0.299 e. The molecule has 0 saturated carbocycles. The van der Waals surface area contributed by atoms with Crippen molar-refractivity contribution in [1.82, 2.24) is 9.78 Å². The largest absolute Gasteiger partial charge is 0.407 e. The molecule has 7 nitrogen and oxygen atoms in total. The second-order valence-electron chi connectivity index (χ2n) is 6.70. The predicted octanol–water partition coefficient (Wildman–Crippen LogP) is 6.00. The van der Waals surface area contributed by atoms with E-state index in [0.29, 0.717) is 10.9 Å². The maximum Gasteiger partial charge on any atom is 0.407 e. The average molecular weight is 581 g/mol. The number of Topliss-reactive ketones (excluding diaryl/α,β-unsaturated/α-hetero) is 1. The Hall–Kier alpha value is -2.29. The molecule has 2 aromatic rings. The number of halogens is 10. The smallest absolute Gasteiger partial charge is 0.299 e. The summed E-state index contributed by atoms with van der Waals surface area (Å²) in [4.78, 5) is 8.76. The highest BCUT2D eigenvalue weighted by molar-refractivity contribution is 8.45. The number of rotatable bonds is 7. The molecule has 0 aliphatic rings. The number of carbonyl (C=O) groups excluding carboxylic acids is 1. The lowest BCUT2D eigenvalue weighted by Gasteiger charge is -2.40. The van der Waals surface area contributed by atoms with Crippen LogP contribution in [0.2, 0.25) is 10.0 Å². The van der Waals surface area contributed by atoms with Crippen molar-refractivity contribution in [3.8, 4) is 11.8 Å². The number of hydrogen-bond donors (Lipinski definition) is 0. The highest BCUT2D eigenvalue weighted by Crippen LogP contribution is 3.02. The van der Waals surface area contributed by atoms with E-state index in [0.717, 1.165) is 6.92 Å². The molecule has 0 bridgehead atoms. The van der Waals surface area contributed by atoms with Crippen molar-refractivity contribution in [2.45, 2.75) is 18.0 Å². The van der Waals surface area contributed by atoms with E-state index >= 15 is 0 Å². The predicted molar refractivity (Wildman–Crippen MR) is 108 cm³/mol. The van der Waals surface area contributed by atoms with Crippen molar-refractivity contribution in [1.29, 1.82) is 5.26 Å². The Bertz CT molecular complexity index is 1300. The summed E-state index contributed by atoms with van der Waals surface area (Å²) in [5.74, 6) is -2.44. The second kappa shape index (κ2) is 7.86. The summed E-state index contributed by atoms with van der Waals surface area (Å²) in [5, 5.41) is 10.5. The lowest BCUT2D eigenvalue weighted by Crippen LogP contribution is -2.41. The van der Waals surface area contributed by atoms with Gasteiger partial charge in [-0.3, -0.25) is 9.10 Å². The van der Waals surface area contributed by atoms with Crippen LogP contribution in [0.15, 0.2) is 23.2 Å². The second-order valence-corrected chi connectivity index (χ2v) is 11.8. The first kappa shape index (κ1) is 28.0. The summed E-state index contributed by atoms with van der Waals surface area (Å²) in [5.41, 5.74) is -2.78. The zero-order valence-electron chi connectivity index (χ0n) is 16.3. The number of sulfonamides is 1. The third-order valence-electron chi connectivity index (χ3n) is 3.78. The Morgan fingerprint density at radius 2 is 1.68 bits per heavy atom. The summed E-state index contributed by atoms with van der Waals surface area (Å²) in [6.45, 7) is -1.43. The first-order valence-corrected chi connectivity index (χ1v) is 12.6. The molecule has 0 amide bonds. The Morgan fingerprint density at radius 1 is 1.18 bits per heavy atom. The topological polar surface area (TPSA) is 96.1 Å². The van der Waals surface area contributed by atoms with Gasteiger partial charge in [0, 0.05) is 0 Å². The summed E-state index contributed by atoms with van der Waals surface area (Å²) in [6.07, 6.45) is -4.72. The van der Waals surface area contributed by atoms with Gasteiger partial charge in [0.15, 0.2) is 5.69 Å². The van der Waals surface area contributed by atoms with Crippen molar-refractivity contribution in [3.05, 3.63) is 34.1 Å². The molecule has 0 spiro atoms. The van der Waals surface area contributed by atoms with Crippen molar-refractivity contribution in [2.24, 2.45) is 0 Å². The van der Waals surface area contributed by atoms with Crippen molar-refractivity contribution in [3.63, 3.8) is 0 Å². The summed E-state index contributed by atoms with van der Waals surface area (Å²) >= 11 is 11.3. The summed E-state index contributed by atoms with van der Waals surface area (Å²) < 4.78 is 129. The lowest BCUT2D eigenvalue weighted by atomic mass is 10.3. The number of aromatic nitrogens is 2. The molecule has 1 heterocycles. The van der Waals surface area contributed by atoms with Crippen molar-refractivity contribution >= 4 is 54.9 Å². The number of nitriles is 1. The number of benzene rings is 1. The minimum atomic E-state index is -10.2. The van der Waals surface area contributed by atoms with Gasteiger partial charge >= 0.3 is 16.4 Å². The van der Waals surface area contributed by atoms with E-state index in [1.807, 2.05) is 0 Å². The van der Waals surface area contributed by atoms with Crippen LogP contribution in [0.3, 0.4) is 0 Å². The van der Waals surface area contributed by atoms with Crippen LogP contribution in [0.5, 0.6) is 0 Å². The maximum absolute atomic E-state index is 13.1. The molecule has 0 aliphatic heterocycles. The number of hydrogen-bond acceptors (Lipinski definition) is 5. The highest BCUT2D eigenvalue weighted by Gasteiger charge is 2.65. The standard InChI is InChI=1S/C15H10Cl2F8N4O3S2/c1-8(30)6-33(31,32)29(7-15(18,19)20)13-5-28(27-12(13)4-26)14-10(16)2-9(3-11(14)17)34(21,22,23,24)25/h2-3,5H,6-7H2,1H3. The molecule has 0 fully saturated rings. The number of nitrogens with zero attached hydrogens (tertiary/aromatic N) is 4. The normalized spacial score (nSPS) is 14.8.